The molecule has 1 atom stereocenters. The number of aliphatic imine (C=N–C) groups is 1. The molecular weight excluding hydrogens is 372 g/mol. The van der Waals surface area contributed by atoms with E-state index in [0.717, 1.165) is 11.3 Å². The number of benzene rings is 2. The molecular formula is C21H28N4O4. The zero-order valence-corrected chi connectivity index (χ0v) is 16.5. The van der Waals surface area contributed by atoms with Gasteiger partial charge in [0.2, 0.25) is 0 Å². The first-order valence-corrected chi connectivity index (χ1v) is 9.35. The maximum Gasteiger partial charge on any atom is 0.323 e. The lowest BCUT2D eigenvalue weighted by molar-refractivity contribution is -0.146. The Hall–Kier alpha value is -3.10. The van der Waals surface area contributed by atoms with Gasteiger partial charge in [-0.3, -0.25) is 9.79 Å². The van der Waals surface area contributed by atoms with Crippen LogP contribution in [0.3, 0.4) is 0 Å². The monoisotopic (exact) mass is 400 g/mol. The molecule has 0 radical (unpaired) electrons. The summed E-state index contributed by atoms with van der Waals surface area (Å²) in [5.74, 6) is 1.21. The Morgan fingerprint density at radius 2 is 1.90 bits per heavy atom. The van der Waals surface area contributed by atoms with E-state index < -0.39 is 12.0 Å². The van der Waals surface area contributed by atoms with Crippen LogP contribution in [0.4, 0.5) is 0 Å². The van der Waals surface area contributed by atoms with Gasteiger partial charge in [-0.15, -0.1) is 0 Å². The highest BCUT2D eigenvalue weighted by molar-refractivity contribution is 5.78. The van der Waals surface area contributed by atoms with Crippen LogP contribution in [0, 0.1) is 0 Å². The van der Waals surface area contributed by atoms with Gasteiger partial charge in [-0.2, -0.15) is 0 Å². The lowest BCUT2D eigenvalue weighted by Crippen LogP contribution is -2.35. The maximum atomic E-state index is 12.1. The van der Waals surface area contributed by atoms with Crippen molar-refractivity contribution in [1.29, 1.82) is 0 Å². The van der Waals surface area contributed by atoms with Crippen LogP contribution in [-0.2, 0) is 20.9 Å². The third-order valence-electron chi connectivity index (χ3n) is 3.90. The summed E-state index contributed by atoms with van der Waals surface area (Å²) in [6.45, 7) is 1.53. The van der Waals surface area contributed by atoms with Gasteiger partial charge in [0.25, 0.3) is 0 Å². The van der Waals surface area contributed by atoms with E-state index in [2.05, 4.69) is 10.3 Å². The molecule has 2 aromatic rings. The van der Waals surface area contributed by atoms with Gasteiger partial charge in [0, 0.05) is 20.2 Å². The van der Waals surface area contributed by atoms with E-state index in [9.17, 15) is 4.79 Å². The summed E-state index contributed by atoms with van der Waals surface area (Å²) >= 11 is 0. The smallest absolute Gasteiger partial charge is 0.323 e. The first kappa shape index (κ1) is 22.2. The molecule has 2 aromatic carbocycles. The van der Waals surface area contributed by atoms with Crippen LogP contribution in [0.25, 0.3) is 0 Å². The highest BCUT2D eigenvalue weighted by atomic mass is 16.5. The number of hydrogen-bond acceptors (Lipinski definition) is 6. The van der Waals surface area contributed by atoms with Gasteiger partial charge in [0.1, 0.15) is 24.1 Å². The minimum absolute atomic E-state index is 0.114. The van der Waals surface area contributed by atoms with Gasteiger partial charge in [0.15, 0.2) is 5.96 Å². The quantitative estimate of drug-likeness (QED) is 0.227. The Balaban J connectivity index is 1.75. The van der Waals surface area contributed by atoms with Crippen molar-refractivity contribution in [1.82, 2.24) is 5.32 Å². The molecule has 0 fully saturated rings. The molecule has 0 bridgehead atoms. The van der Waals surface area contributed by atoms with Crippen molar-refractivity contribution >= 4 is 11.9 Å². The fourth-order valence-corrected chi connectivity index (χ4v) is 2.36. The van der Waals surface area contributed by atoms with Crippen molar-refractivity contribution < 1.29 is 19.0 Å². The molecule has 2 rings (SSSR count). The second-order valence-electron chi connectivity index (χ2n) is 6.25. The normalized spacial score (nSPS) is 12.3. The average molecular weight is 400 g/mol. The molecule has 0 unspecified atom stereocenters. The molecule has 0 aliphatic carbocycles. The van der Waals surface area contributed by atoms with Crippen LogP contribution in [-0.4, -0.2) is 44.8 Å². The third kappa shape index (κ3) is 8.63. The number of carbonyl (C=O) groups excluding carboxylic acids is 1. The van der Waals surface area contributed by atoms with Gasteiger partial charge in [-0.25, -0.2) is 0 Å². The number of rotatable bonds is 11. The van der Waals surface area contributed by atoms with Gasteiger partial charge >= 0.3 is 5.97 Å². The Bertz CT molecular complexity index is 783. The molecule has 0 spiro atoms. The summed E-state index contributed by atoms with van der Waals surface area (Å²) in [4.78, 5) is 16.2. The van der Waals surface area contributed by atoms with Gasteiger partial charge in [0.05, 0.1) is 6.61 Å². The second kappa shape index (κ2) is 12.4. The summed E-state index contributed by atoms with van der Waals surface area (Å²) in [6, 6.07) is 16.0. The number of para-hydroxylation sites is 1. The highest BCUT2D eigenvalue weighted by Crippen LogP contribution is 2.22. The highest BCUT2D eigenvalue weighted by Gasteiger charge is 2.15. The van der Waals surface area contributed by atoms with E-state index in [0.29, 0.717) is 31.9 Å². The first-order valence-electron chi connectivity index (χ1n) is 9.35. The van der Waals surface area contributed by atoms with Crippen LogP contribution in [0.15, 0.2) is 59.6 Å². The van der Waals surface area contributed by atoms with Crippen LogP contribution < -0.4 is 21.5 Å². The fourth-order valence-electron chi connectivity index (χ4n) is 2.36. The fraction of sp³-hybridized carbons (Fsp3) is 0.333. The Morgan fingerprint density at radius 1 is 1.14 bits per heavy atom. The number of methoxy groups -OCH3 is 1. The number of hydrogen-bond donors (Lipinski definition) is 3. The Labute approximate surface area is 170 Å². The number of nitrogens with two attached hydrogens (primary N) is 2. The van der Waals surface area contributed by atoms with Crippen LogP contribution >= 0.6 is 0 Å². The van der Waals surface area contributed by atoms with Crippen LogP contribution in [0.1, 0.15) is 12.0 Å². The average Bonchev–Trinajstić information content (AvgIpc) is 2.73. The maximum absolute atomic E-state index is 12.1. The van der Waals surface area contributed by atoms with Crippen molar-refractivity contribution in [2.24, 2.45) is 16.5 Å². The molecule has 0 aliphatic rings. The molecule has 0 aromatic heterocycles. The SMILES string of the molecule is COCCNC(N)=NCC[C@H](N)C(=O)OCc1cccc(Oc2ccccc2)c1. The predicted molar refractivity (Wildman–Crippen MR) is 112 cm³/mol. The summed E-state index contributed by atoms with van der Waals surface area (Å²) in [5, 5.41) is 2.89. The van der Waals surface area contributed by atoms with E-state index in [1.54, 1.807) is 7.11 Å². The molecule has 0 aliphatic heterocycles. The van der Waals surface area contributed by atoms with E-state index in [1.165, 1.54) is 0 Å². The number of guanidine groups is 1. The molecule has 0 amide bonds. The lowest BCUT2D eigenvalue weighted by atomic mass is 10.2. The summed E-state index contributed by atoms with van der Waals surface area (Å²) in [7, 11) is 1.60. The zero-order valence-electron chi connectivity index (χ0n) is 16.5. The van der Waals surface area contributed by atoms with E-state index in [1.807, 2.05) is 54.6 Å². The largest absolute Gasteiger partial charge is 0.460 e. The van der Waals surface area contributed by atoms with Gasteiger partial charge in [-0.05, 0) is 36.2 Å². The lowest BCUT2D eigenvalue weighted by Gasteiger charge is -2.12. The minimum atomic E-state index is -0.769. The van der Waals surface area contributed by atoms with Gasteiger partial charge < -0.3 is 31.0 Å². The van der Waals surface area contributed by atoms with Crippen molar-refractivity contribution in [3.05, 3.63) is 60.2 Å². The molecule has 0 saturated heterocycles. The molecule has 5 N–H and O–H groups in total. The number of nitrogens with one attached hydrogen (secondary N) is 1. The molecule has 0 heterocycles. The Morgan fingerprint density at radius 3 is 2.66 bits per heavy atom. The number of esters is 1. The standard InChI is InChI=1S/C21H28N4O4/c1-27-13-12-25-21(23)24-11-10-19(22)20(26)28-15-16-6-5-9-18(14-16)29-17-7-3-2-4-8-17/h2-9,14,19H,10-13,15,22H2,1H3,(H3,23,24,25)/t19-/m0/s1. The van der Waals surface area contributed by atoms with Crippen molar-refractivity contribution in [3.8, 4) is 11.5 Å². The van der Waals surface area contributed by atoms with Crippen LogP contribution in [0.5, 0.6) is 11.5 Å². The molecule has 8 heteroatoms. The summed E-state index contributed by atoms with van der Waals surface area (Å²) in [5.41, 5.74) is 12.4. The first-order chi connectivity index (χ1) is 14.1. The molecule has 0 saturated carbocycles. The minimum Gasteiger partial charge on any atom is -0.460 e. The molecule has 156 valence electrons. The van der Waals surface area contributed by atoms with Crippen molar-refractivity contribution in [2.45, 2.75) is 19.1 Å². The third-order valence-corrected chi connectivity index (χ3v) is 3.90. The topological polar surface area (TPSA) is 121 Å². The van der Waals surface area contributed by atoms with Crippen molar-refractivity contribution in [3.63, 3.8) is 0 Å². The predicted octanol–water partition coefficient (Wildman–Crippen LogP) is 1.79. The summed E-state index contributed by atoms with van der Waals surface area (Å²) in [6.07, 6.45) is 0.336. The van der Waals surface area contributed by atoms with E-state index in [-0.39, 0.29) is 12.6 Å². The molecule has 8 nitrogen and oxygen atoms in total. The van der Waals surface area contributed by atoms with Crippen molar-refractivity contribution in [2.75, 3.05) is 26.8 Å². The number of nitrogens with zero attached hydrogens (tertiary/aromatic N) is 1. The van der Waals surface area contributed by atoms with E-state index >= 15 is 0 Å². The Kier molecular flexibility index (Phi) is 9.47. The number of carbonyl (C=O) groups is 1. The number of ether oxygens (including phenoxy) is 3. The van der Waals surface area contributed by atoms with E-state index in [4.69, 9.17) is 25.7 Å². The summed E-state index contributed by atoms with van der Waals surface area (Å²) < 4.78 is 16.0. The van der Waals surface area contributed by atoms with Crippen LogP contribution in [0.2, 0.25) is 0 Å². The second-order valence-corrected chi connectivity index (χ2v) is 6.25. The zero-order chi connectivity index (χ0) is 20.9. The molecule has 29 heavy (non-hydrogen) atoms. The van der Waals surface area contributed by atoms with Gasteiger partial charge in [-0.1, -0.05) is 30.3 Å².